The third-order valence-corrected chi connectivity index (χ3v) is 6.66. The van der Waals surface area contributed by atoms with Crippen LogP contribution in [0.25, 0.3) is 0 Å². The molecule has 152 valence electrons. The molecule has 0 aromatic heterocycles. The van der Waals surface area contributed by atoms with Gasteiger partial charge in [-0.05, 0) is 57.2 Å². The fourth-order valence-electron chi connectivity index (χ4n) is 5.19. The maximum atomic E-state index is 12.4. The van der Waals surface area contributed by atoms with Crippen LogP contribution in [0.3, 0.4) is 0 Å². The summed E-state index contributed by atoms with van der Waals surface area (Å²) in [5.41, 5.74) is 1.03. The summed E-state index contributed by atoms with van der Waals surface area (Å²) in [6.45, 7) is 2.25. The Morgan fingerprint density at radius 3 is 2.29 bits per heavy atom. The smallest absolute Gasteiger partial charge is 0.309 e. The van der Waals surface area contributed by atoms with Crippen molar-refractivity contribution >= 4 is 12.0 Å². The highest BCUT2D eigenvalue weighted by Crippen LogP contribution is 2.38. The normalized spacial score (nSPS) is 28.2. The van der Waals surface area contributed by atoms with Gasteiger partial charge in [-0.3, -0.25) is 4.79 Å². The Bertz CT molecular complexity index is 676. The van der Waals surface area contributed by atoms with Crippen LogP contribution in [0.15, 0.2) is 30.3 Å². The molecule has 3 heterocycles. The van der Waals surface area contributed by atoms with E-state index in [0.29, 0.717) is 24.7 Å². The number of carbonyl (C=O) groups excluding carboxylic acids is 1. The largest absolute Gasteiger partial charge is 0.461 e. The molecule has 1 aromatic rings. The Labute approximate surface area is 166 Å². The SMILES string of the molecule is N=C(ON)N1[C@@H]2CC[C@H]1CC(N1CCC(C(=O)OCc3ccccc3)CC1)C2. The predicted molar refractivity (Wildman–Crippen MR) is 105 cm³/mol. The van der Waals surface area contributed by atoms with Crippen molar-refractivity contribution < 1.29 is 14.4 Å². The lowest BCUT2D eigenvalue weighted by Gasteiger charge is -2.45. The quantitative estimate of drug-likeness (QED) is 0.357. The number of rotatable bonds is 4. The van der Waals surface area contributed by atoms with Crippen LogP contribution < -0.4 is 5.90 Å². The number of nitrogens with zero attached hydrogens (tertiary/aromatic N) is 2. The number of nitrogens with one attached hydrogen (secondary N) is 1. The van der Waals surface area contributed by atoms with Gasteiger partial charge in [0.15, 0.2) is 0 Å². The number of carbonyl (C=O) groups is 1. The molecule has 1 unspecified atom stereocenters. The van der Waals surface area contributed by atoms with Gasteiger partial charge in [0.2, 0.25) is 0 Å². The molecule has 3 fully saturated rings. The summed E-state index contributed by atoms with van der Waals surface area (Å²) in [5.74, 6) is 5.16. The monoisotopic (exact) mass is 386 g/mol. The van der Waals surface area contributed by atoms with Gasteiger partial charge in [0.25, 0.3) is 0 Å². The molecule has 3 aliphatic rings. The van der Waals surface area contributed by atoms with Crippen molar-refractivity contribution in [3.8, 4) is 0 Å². The van der Waals surface area contributed by atoms with Crippen molar-refractivity contribution in [3.63, 3.8) is 0 Å². The fraction of sp³-hybridized carbons (Fsp3) is 0.619. The molecule has 0 spiro atoms. The van der Waals surface area contributed by atoms with Gasteiger partial charge in [-0.2, -0.15) is 5.90 Å². The Balaban J connectivity index is 1.25. The maximum absolute atomic E-state index is 12.4. The van der Waals surface area contributed by atoms with E-state index in [0.717, 1.165) is 57.2 Å². The molecule has 28 heavy (non-hydrogen) atoms. The average molecular weight is 386 g/mol. The third-order valence-electron chi connectivity index (χ3n) is 6.66. The second kappa shape index (κ2) is 8.49. The van der Waals surface area contributed by atoms with Gasteiger partial charge in [-0.1, -0.05) is 30.3 Å². The van der Waals surface area contributed by atoms with E-state index >= 15 is 0 Å². The summed E-state index contributed by atoms with van der Waals surface area (Å²) >= 11 is 0. The van der Waals surface area contributed by atoms with E-state index in [2.05, 4.69) is 9.80 Å². The summed E-state index contributed by atoms with van der Waals surface area (Å²) in [4.78, 5) is 21.7. The van der Waals surface area contributed by atoms with Crippen LogP contribution in [-0.2, 0) is 21.0 Å². The van der Waals surface area contributed by atoms with Crippen LogP contribution in [0.4, 0.5) is 0 Å². The van der Waals surface area contributed by atoms with Crippen LogP contribution in [-0.4, -0.2) is 53.0 Å². The molecule has 0 saturated carbocycles. The van der Waals surface area contributed by atoms with Gasteiger partial charge in [0.1, 0.15) is 6.61 Å². The zero-order valence-electron chi connectivity index (χ0n) is 16.3. The van der Waals surface area contributed by atoms with Gasteiger partial charge in [0, 0.05) is 18.1 Å². The number of benzene rings is 1. The number of hydrogen-bond donors (Lipinski definition) is 2. The number of esters is 1. The molecular formula is C21H30N4O3. The minimum absolute atomic E-state index is 0.00981. The Hall–Kier alpha value is -2.12. The Kier molecular flexibility index (Phi) is 5.82. The van der Waals surface area contributed by atoms with Crippen molar-refractivity contribution in [3.05, 3.63) is 35.9 Å². The predicted octanol–water partition coefficient (Wildman–Crippen LogP) is 2.26. The highest BCUT2D eigenvalue weighted by Gasteiger charge is 2.44. The fourth-order valence-corrected chi connectivity index (χ4v) is 5.19. The average Bonchev–Trinajstić information content (AvgIpc) is 3.01. The summed E-state index contributed by atoms with van der Waals surface area (Å²) < 4.78 is 5.53. The molecule has 4 rings (SSSR count). The van der Waals surface area contributed by atoms with E-state index in [1.165, 1.54) is 0 Å². The first kappa shape index (κ1) is 19.2. The van der Waals surface area contributed by atoms with E-state index in [1.54, 1.807) is 0 Å². The lowest BCUT2D eigenvalue weighted by molar-refractivity contribution is -0.151. The molecule has 3 aliphatic heterocycles. The highest BCUT2D eigenvalue weighted by molar-refractivity contribution is 5.72. The lowest BCUT2D eigenvalue weighted by Crippen LogP contribution is -2.54. The van der Waals surface area contributed by atoms with Crippen molar-refractivity contribution in [2.24, 2.45) is 11.8 Å². The Morgan fingerprint density at radius 1 is 1.04 bits per heavy atom. The first-order valence-electron chi connectivity index (χ1n) is 10.3. The van der Waals surface area contributed by atoms with E-state index in [1.807, 2.05) is 30.3 Å². The molecule has 3 saturated heterocycles. The van der Waals surface area contributed by atoms with Crippen LogP contribution >= 0.6 is 0 Å². The number of amidine groups is 1. The van der Waals surface area contributed by atoms with Crippen LogP contribution in [0.1, 0.15) is 44.1 Å². The van der Waals surface area contributed by atoms with Crippen molar-refractivity contribution in [2.75, 3.05) is 13.1 Å². The molecule has 0 aliphatic carbocycles. The molecule has 7 nitrogen and oxygen atoms in total. The highest BCUT2D eigenvalue weighted by atomic mass is 16.6. The number of ether oxygens (including phenoxy) is 1. The molecule has 7 heteroatoms. The summed E-state index contributed by atoms with van der Waals surface area (Å²) in [5, 5.41) is 7.93. The molecule has 3 N–H and O–H groups in total. The summed E-state index contributed by atoms with van der Waals surface area (Å²) in [7, 11) is 0. The molecule has 0 amide bonds. The summed E-state index contributed by atoms with van der Waals surface area (Å²) in [6.07, 6.45) is 6.04. The Morgan fingerprint density at radius 2 is 1.68 bits per heavy atom. The van der Waals surface area contributed by atoms with E-state index in [9.17, 15) is 4.79 Å². The number of hydrogen-bond acceptors (Lipinski definition) is 6. The lowest BCUT2D eigenvalue weighted by atomic mass is 9.91. The van der Waals surface area contributed by atoms with E-state index < -0.39 is 0 Å². The summed E-state index contributed by atoms with van der Waals surface area (Å²) in [6, 6.07) is 11.2. The van der Waals surface area contributed by atoms with Gasteiger partial charge >= 0.3 is 12.0 Å². The number of fused-ring (bicyclic) bond motifs is 2. The van der Waals surface area contributed by atoms with Crippen molar-refractivity contribution in [1.29, 1.82) is 5.41 Å². The second-order valence-electron chi connectivity index (χ2n) is 8.24. The van der Waals surface area contributed by atoms with Gasteiger partial charge in [0.05, 0.1) is 5.92 Å². The topological polar surface area (TPSA) is 91.9 Å². The first-order valence-corrected chi connectivity index (χ1v) is 10.3. The molecule has 2 bridgehead atoms. The first-order chi connectivity index (χ1) is 13.7. The number of likely N-dealkylation sites (tertiary alicyclic amines) is 1. The minimum Gasteiger partial charge on any atom is -0.461 e. The van der Waals surface area contributed by atoms with Gasteiger partial charge in [-0.15, -0.1) is 0 Å². The maximum Gasteiger partial charge on any atom is 0.309 e. The minimum atomic E-state index is -0.0630. The van der Waals surface area contributed by atoms with Gasteiger partial charge in [-0.25, -0.2) is 5.41 Å². The zero-order chi connectivity index (χ0) is 19.5. The van der Waals surface area contributed by atoms with Crippen molar-refractivity contribution in [2.45, 2.75) is 63.3 Å². The number of piperidine rings is 2. The van der Waals surface area contributed by atoms with Crippen LogP contribution in [0, 0.1) is 11.3 Å². The third kappa shape index (κ3) is 4.00. The zero-order valence-corrected chi connectivity index (χ0v) is 16.3. The van der Waals surface area contributed by atoms with Crippen molar-refractivity contribution in [1.82, 2.24) is 9.80 Å². The van der Waals surface area contributed by atoms with Gasteiger partial charge < -0.3 is 19.4 Å². The molecule has 0 radical (unpaired) electrons. The second-order valence-corrected chi connectivity index (χ2v) is 8.24. The number of nitrogens with two attached hydrogens (primary N) is 1. The molecule has 3 atom stereocenters. The molecule has 1 aromatic carbocycles. The van der Waals surface area contributed by atoms with E-state index in [-0.39, 0.29) is 17.9 Å². The van der Waals surface area contributed by atoms with Crippen LogP contribution in [0.2, 0.25) is 0 Å². The molecular weight excluding hydrogens is 356 g/mol. The van der Waals surface area contributed by atoms with Crippen LogP contribution in [0.5, 0.6) is 0 Å². The standard InChI is InChI=1S/C21H30N4O3/c22-21(28-23)25-17-6-7-18(25)13-19(12-17)24-10-8-16(9-11-24)20(26)27-14-15-4-2-1-3-5-15/h1-5,16-19,22H,6-14,23H2/t17-,18+,19?. The van der Waals surface area contributed by atoms with E-state index in [4.69, 9.17) is 20.9 Å².